The van der Waals surface area contributed by atoms with Gasteiger partial charge in [0.05, 0.1) is 57.7 Å². The van der Waals surface area contributed by atoms with Crippen molar-refractivity contribution in [3.63, 3.8) is 0 Å². The largest absolute Gasteiger partial charge is 0.493 e. The quantitative estimate of drug-likeness (QED) is 0.151. The summed E-state index contributed by atoms with van der Waals surface area (Å²) in [4.78, 5) is 28.3. The predicted molar refractivity (Wildman–Crippen MR) is 217 cm³/mol. The van der Waals surface area contributed by atoms with Crippen molar-refractivity contribution < 1.29 is 68.6 Å². The second-order valence-corrected chi connectivity index (χ2v) is 20.7. The average Bonchev–Trinajstić information content (AvgIpc) is 3.21. The molecule has 5 fully saturated rings. The van der Waals surface area contributed by atoms with E-state index in [2.05, 4.69) is 40.7 Å². The number of benzene rings is 1. The molecule has 0 unspecified atom stereocenters. The average molecular weight is 845 g/mol. The van der Waals surface area contributed by atoms with E-state index in [-0.39, 0.29) is 46.2 Å². The van der Waals surface area contributed by atoms with Gasteiger partial charge in [0.2, 0.25) is 12.0 Å². The van der Waals surface area contributed by atoms with Gasteiger partial charge in [0, 0.05) is 5.41 Å². The van der Waals surface area contributed by atoms with Gasteiger partial charge in [0.25, 0.3) is 0 Å². The number of allylic oxidation sites excluding steroid dienone is 2. The number of fused-ring (bicyclic) bond motifs is 7. The van der Waals surface area contributed by atoms with E-state index in [4.69, 9.17) is 28.4 Å². The molecule has 1 saturated heterocycles. The number of aliphatic hydroxyl groups is 6. The van der Waals surface area contributed by atoms with Crippen LogP contribution in [0.3, 0.4) is 0 Å². The van der Waals surface area contributed by atoms with Gasteiger partial charge < -0.3 is 59.1 Å². The van der Waals surface area contributed by atoms with Gasteiger partial charge >= 0.3 is 11.9 Å². The van der Waals surface area contributed by atoms with Gasteiger partial charge in [-0.2, -0.15) is 0 Å². The summed E-state index contributed by atoms with van der Waals surface area (Å²) in [5, 5.41) is 65.0. The van der Waals surface area contributed by atoms with Crippen molar-refractivity contribution >= 4 is 11.9 Å². The highest BCUT2D eigenvalue weighted by Gasteiger charge is 2.71. The highest BCUT2D eigenvalue weighted by molar-refractivity contribution is 5.91. The van der Waals surface area contributed by atoms with Gasteiger partial charge in [-0.15, -0.1) is 0 Å². The molecule has 0 aromatic heterocycles. The molecule has 15 atom stereocenters. The topological polar surface area (TPSA) is 211 Å². The predicted octanol–water partition coefficient (Wildman–Crippen LogP) is 4.33. The number of carbonyl (C=O) groups excluding carboxylic acids is 2. The molecule has 5 aliphatic carbocycles. The van der Waals surface area contributed by atoms with E-state index in [1.807, 2.05) is 6.92 Å². The number of hydrogen-bond acceptors (Lipinski definition) is 14. The molecule has 7 rings (SSSR count). The van der Waals surface area contributed by atoms with Crippen molar-refractivity contribution in [2.75, 3.05) is 34.5 Å². The lowest BCUT2D eigenvalue weighted by molar-refractivity contribution is -0.297. The van der Waals surface area contributed by atoms with Crippen LogP contribution in [0.4, 0.5) is 0 Å². The van der Waals surface area contributed by atoms with E-state index in [1.165, 1.54) is 39.0 Å². The highest BCUT2D eigenvalue weighted by atomic mass is 16.7. The van der Waals surface area contributed by atoms with Crippen LogP contribution in [0.5, 0.6) is 17.2 Å². The van der Waals surface area contributed by atoms with Gasteiger partial charge in [-0.3, -0.25) is 4.79 Å². The summed E-state index contributed by atoms with van der Waals surface area (Å²) in [6.45, 7) is 12.6. The zero-order valence-corrected chi connectivity index (χ0v) is 36.7. The first-order chi connectivity index (χ1) is 28.1. The zero-order chi connectivity index (χ0) is 44.0. The minimum atomic E-state index is -1.69. The number of esters is 2. The van der Waals surface area contributed by atoms with Crippen LogP contribution in [-0.4, -0.2) is 120 Å². The van der Waals surface area contributed by atoms with Crippen molar-refractivity contribution in [2.45, 2.75) is 142 Å². The van der Waals surface area contributed by atoms with E-state index in [9.17, 15) is 40.2 Å². The normalized spacial score (nSPS) is 44.4. The Morgan fingerprint density at radius 2 is 1.45 bits per heavy atom. The number of methoxy groups -OCH3 is 3. The molecule has 0 radical (unpaired) electrons. The Balaban J connectivity index is 1.18. The third-order valence-electron chi connectivity index (χ3n) is 17.3. The summed E-state index contributed by atoms with van der Waals surface area (Å²) < 4.78 is 34.0. The maximum absolute atomic E-state index is 14.6. The highest BCUT2D eigenvalue weighted by Crippen LogP contribution is 2.76. The summed E-state index contributed by atoms with van der Waals surface area (Å²) in [7, 11) is 4.42. The standard InChI is InChI=1S/C46H68O14/c1-41(2)14-16-46(40(54)60-39-35(51)34(50)33(49)30(22-47)59-39)17-15-44(5)25(26(46)20-41)10-11-32-42(3)21-27(48)37(52)43(4,31(42)12-13-45(32,44)6)23-58-38(53)24-18-28(55-7)36(57-9)29(19-24)56-8/h10,18-19,26-27,30-35,37,39,47-52H,11-17,20-23H2,1-9H3/t26-,27+,30+,31+,32+,33+,34-,35+,37-,39-,42-,43-,44+,45+,46-/m0/s1. The molecule has 0 amide bonds. The maximum atomic E-state index is 14.6. The summed E-state index contributed by atoms with van der Waals surface area (Å²) in [5.74, 6) is -0.330. The molecule has 14 heteroatoms. The van der Waals surface area contributed by atoms with Gasteiger partial charge in [-0.1, -0.05) is 53.2 Å². The molecule has 6 aliphatic rings. The molecule has 0 spiro atoms. The first kappa shape index (κ1) is 45.1. The van der Waals surface area contributed by atoms with E-state index < -0.39 is 77.7 Å². The van der Waals surface area contributed by atoms with Crippen molar-refractivity contribution in [2.24, 2.45) is 50.2 Å². The molecule has 336 valence electrons. The first-order valence-corrected chi connectivity index (χ1v) is 21.7. The van der Waals surface area contributed by atoms with Crippen LogP contribution in [0.1, 0.15) is 110 Å². The van der Waals surface area contributed by atoms with Crippen molar-refractivity contribution in [1.82, 2.24) is 0 Å². The fourth-order valence-electron chi connectivity index (χ4n) is 13.6. The van der Waals surface area contributed by atoms with E-state index >= 15 is 0 Å². The smallest absolute Gasteiger partial charge is 0.338 e. The molecule has 4 saturated carbocycles. The summed E-state index contributed by atoms with van der Waals surface area (Å²) >= 11 is 0. The SMILES string of the molecule is COc1cc(C(=O)OC[C@@]2(C)[C@@H]3CC[C@]4(C)[C@H](CC=C5[C@@H]6CC(C)(C)CC[C@]6(C(=O)O[C@@H]6O[C@H](CO)[C@@H](O)[C@H](O)[C@H]6O)CC[C@]54C)[C@@]3(C)C[C@@H](O)[C@@H]2O)cc(OC)c1OC. The molecule has 0 bridgehead atoms. The Bertz CT molecular complexity index is 1820. The van der Waals surface area contributed by atoms with E-state index in [0.717, 1.165) is 25.7 Å². The molecule has 1 heterocycles. The molecule has 14 nitrogen and oxygen atoms in total. The minimum Gasteiger partial charge on any atom is -0.493 e. The summed E-state index contributed by atoms with van der Waals surface area (Å²) in [6, 6.07) is 3.06. The van der Waals surface area contributed by atoms with Crippen LogP contribution < -0.4 is 14.2 Å². The number of aliphatic hydroxyl groups excluding tert-OH is 6. The molecular formula is C46H68O14. The molecule has 6 N–H and O–H groups in total. The van der Waals surface area contributed by atoms with Crippen molar-refractivity contribution in [1.29, 1.82) is 0 Å². The Morgan fingerprint density at radius 3 is 2.07 bits per heavy atom. The molecular weight excluding hydrogens is 776 g/mol. The fraction of sp³-hybridized carbons (Fsp3) is 0.783. The molecule has 1 aliphatic heterocycles. The second kappa shape index (κ2) is 15.7. The second-order valence-electron chi connectivity index (χ2n) is 20.7. The van der Waals surface area contributed by atoms with Crippen LogP contribution in [-0.2, 0) is 19.0 Å². The zero-order valence-electron chi connectivity index (χ0n) is 36.7. The maximum Gasteiger partial charge on any atom is 0.338 e. The van der Waals surface area contributed by atoms with Crippen LogP contribution in [0, 0.1) is 50.2 Å². The third-order valence-corrected chi connectivity index (χ3v) is 17.3. The van der Waals surface area contributed by atoms with E-state index in [1.54, 1.807) is 0 Å². The lowest BCUT2D eigenvalue weighted by Gasteiger charge is -2.71. The molecule has 1 aromatic carbocycles. The molecule has 1 aromatic rings. The van der Waals surface area contributed by atoms with Crippen LogP contribution in [0.25, 0.3) is 0 Å². The Morgan fingerprint density at radius 1 is 0.800 bits per heavy atom. The number of rotatable bonds is 9. The van der Waals surface area contributed by atoms with Gasteiger partial charge in [-0.05, 0) is 109 Å². The van der Waals surface area contributed by atoms with Crippen LogP contribution >= 0.6 is 0 Å². The molecule has 60 heavy (non-hydrogen) atoms. The monoisotopic (exact) mass is 844 g/mol. The fourth-order valence-corrected chi connectivity index (χ4v) is 13.6. The lowest BCUT2D eigenvalue weighted by Crippen LogP contribution is -2.68. The van der Waals surface area contributed by atoms with E-state index in [0.29, 0.717) is 49.4 Å². The first-order valence-electron chi connectivity index (χ1n) is 21.7. The minimum absolute atomic E-state index is 0.0665. The van der Waals surface area contributed by atoms with Crippen molar-refractivity contribution in [3.8, 4) is 17.2 Å². The van der Waals surface area contributed by atoms with Crippen molar-refractivity contribution in [3.05, 3.63) is 29.3 Å². The Hall–Kier alpha value is -2.98. The number of ether oxygens (including phenoxy) is 6. The third kappa shape index (κ3) is 6.68. The lowest BCUT2D eigenvalue weighted by atomic mass is 9.33. The summed E-state index contributed by atoms with van der Waals surface area (Å²) in [6.07, 6.45) is -1.50. The number of carbonyl (C=O) groups is 2. The van der Waals surface area contributed by atoms with Gasteiger partial charge in [0.1, 0.15) is 24.4 Å². The van der Waals surface area contributed by atoms with Gasteiger partial charge in [-0.25, -0.2) is 4.79 Å². The Kier molecular flexibility index (Phi) is 11.8. The van der Waals surface area contributed by atoms with Gasteiger partial charge in [0.15, 0.2) is 11.5 Å². The number of hydrogen-bond donors (Lipinski definition) is 6. The Labute approximate surface area is 353 Å². The van der Waals surface area contributed by atoms with Crippen LogP contribution in [0.2, 0.25) is 0 Å². The summed E-state index contributed by atoms with van der Waals surface area (Å²) in [5.41, 5.74) is -1.54. The van der Waals surface area contributed by atoms with Crippen LogP contribution in [0.15, 0.2) is 23.8 Å².